The second-order valence-electron chi connectivity index (χ2n) is 4.81. The number of benzene rings is 1. The van der Waals surface area contributed by atoms with Crippen LogP contribution in [0.3, 0.4) is 0 Å². The van der Waals surface area contributed by atoms with Crippen molar-refractivity contribution in [1.82, 2.24) is 4.90 Å². The van der Waals surface area contributed by atoms with Gasteiger partial charge in [-0.1, -0.05) is 30.7 Å². The van der Waals surface area contributed by atoms with Crippen molar-refractivity contribution >= 4 is 29.3 Å². The minimum Gasteiger partial charge on any atom is -0.334 e. The third-order valence-corrected chi connectivity index (χ3v) is 4.72. The lowest BCUT2D eigenvalue weighted by Crippen LogP contribution is -2.44. The van der Waals surface area contributed by atoms with Crippen LogP contribution in [0.15, 0.2) is 24.3 Å². The Morgan fingerprint density at radius 2 is 2.21 bits per heavy atom. The third-order valence-electron chi connectivity index (χ3n) is 3.44. The average Bonchev–Trinajstić information content (AvgIpc) is 2.46. The SMILES string of the molecule is CC(CN)C(=O)N1CCSCC1c1ccc(Cl)cc1. The molecule has 2 unspecified atom stereocenters. The van der Waals surface area contributed by atoms with Crippen molar-refractivity contribution in [3.63, 3.8) is 0 Å². The molecule has 0 aliphatic carbocycles. The Morgan fingerprint density at radius 1 is 1.53 bits per heavy atom. The van der Waals surface area contributed by atoms with Gasteiger partial charge in [-0.05, 0) is 17.7 Å². The maximum atomic E-state index is 12.4. The van der Waals surface area contributed by atoms with Gasteiger partial charge in [0.25, 0.3) is 0 Å². The quantitative estimate of drug-likeness (QED) is 0.933. The summed E-state index contributed by atoms with van der Waals surface area (Å²) in [7, 11) is 0. The summed E-state index contributed by atoms with van der Waals surface area (Å²) in [5.41, 5.74) is 6.76. The number of halogens is 1. The fourth-order valence-corrected chi connectivity index (χ4v) is 3.43. The summed E-state index contributed by atoms with van der Waals surface area (Å²) in [6.45, 7) is 3.08. The molecule has 3 nitrogen and oxygen atoms in total. The standard InChI is InChI=1S/C14H19ClN2OS/c1-10(8-16)14(18)17-6-7-19-9-13(17)11-2-4-12(15)5-3-11/h2-5,10,13H,6-9,16H2,1H3. The molecule has 2 N–H and O–H groups in total. The van der Waals surface area contributed by atoms with Crippen molar-refractivity contribution in [2.24, 2.45) is 11.7 Å². The molecular weight excluding hydrogens is 280 g/mol. The van der Waals surface area contributed by atoms with Gasteiger partial charge in [0.05, 0.1) is 6.04 Å². The molecule has 2 atom stereocenters. The van der Waals surface area contributed by atoms with Gasteiger partial charge in [-0.25, -0.2) is 0 Å². The van der Waals surface area contributed by atoms with Crippen molar-refractivity contribution in [3.05, 3.63) is 34.9 Å². The lowest BCUT2D eigenvalue weighted by atomic mass is 10.0. The van der Waals surface area contributed by atoms with Crippen LogP contribution >= 0.6 is 23.4 Å². The number of hydrogen-bond acceptors (Lipinski definition) is 3. The second-order valence-corrected chi connectivity index (χ2v) is 6.40. The third kappa shape index (κ3) is 3.44. The Kier molecular flexibility index (Phi) is 5.13. The Balaban J connectivity index is 2.20. The molecule has 5 heteroatoms. The van der Waals surface area contributed by atoms with Gasteiger partial charge in [-0.3, -0.25) is 4.79 Å². The van der Waals surface area contributed by atoms with Crippen LogP contribution in [0.25, 0.3) is 0 Å². The molecule has 1 aromatic rings. The number of hydrogen-bond donors (Lipinski definition) is 1. The summed E-state index contributed by atoms with van der Waals surface area (Å²) in [6.07, 6.45) is 0. The van der Waals surface area contributed by atoms with Crippen LogP contribution < -0.4 is 5.73 Å². The number of amides is 1. The van der Waals surface area contributed by atoms with Crippen molar-refractivity contribution < 1.29 is 4.79 Å². The van der Waals surface area contributed by atoms with Gasteiger partial charge in [-0.15, -0.1) is 0 Å². The number of rotatable bonds is 3. The molecule has 0 spiro atoms. The van der Waals surface area contributed by atoms with Crippen LogP contribution in [-0.4, -0.2) is 35.4 Å². The fraction of sp³-hybridized carbons (Fsp3) is 0.500. The maximum absolute atomic E-state index is 12.4. The Bertz CT molecular complexity index is 438. The molecule has 2 rings (SSSR count). The van der Waals surface area contributed by atoms with Crippen LogP contribution in [-0.2, 0) is 4.79 Å². The summed E-state index contributed by atoms with van der Waals surface area (Å²) in [4.78, 5) is 14.4. The van der Waals surface area contributed by atoms with Crippen LogP contribution in [0.5, 0.6) is 0 Å². The molecular formula is C14H19ClN2OS. The molecule has 1 heterocycles. The zero-order chi connectivity index (χ0) is 13.8. The summed E-state index contributed by atoms with van der Waals surface area (Å²) < 4.78 is 0. The molecule has 1 aliphatic rings. The van der Waals surface area contributed by atoms with Crippen molar-refractivity contribution in [2.75, 3.05) is 24.6 Å². The first-order valence-corrected chi connectivity index (χ1v) is 8.00. The number of carbonyl (C=O) groups is 1. The Labute approximate surface area is 123 Å². The van der Waals surface area contributed by atoms with Crippen LogP contribution in [0.2, 0.25) is 5.02 Å². The molecule has 0 aromatic heterocycles. The average molecular weight is 299 g/mol. The second kappa shape index (κ2) is 6.64. The van der Waals surface area contributed by atoms with E-state index in [-0.39, 0.29) is 17.9 Å². The normalized spacial score (nSPS) is 21.2. The van der Waals surface area contributed by atoms with E-state index in [2.05, 4.69) is 0 Å². The summed E-state index contributed by atoms with van der Waals surface area (Å²) in [5.74, 6) is 1.97. The molecule has 0 bridgehead atoms. The number of nitrogens with two attached hydrogens (primary N) is 1. The highest BCUT2D eigenvalue weighted by Gasteiger charge is 2.30. The molecule has 0 radical (unpaired) electrons. The van der Waals surface area contributed by atoms with Crippen molar-refractivity contribution in [1.29, 1.82) is 0 Å². The van der Waals surface area contributed by atoms with E-state index in [0.29, 0.717) is 6.54 Å². The van der Waals surface area contributed by atoms with Crippen molar-refractivity contribution in [2.45, 2.75) is 13.0 Å². The fourth-order valence-electron chi connectivity index (χ4n) is 2.21. The first kappa shape index (κ1) is 14.7. The van der Waals surface area contributed by atoms with E-state index in [1.54, 1.807) is 0 Å². The minimum atomic E-state index is -0.113. The van der Waals surface area contributed by atoms with E-state index in [4.69, 9.17) is 17.3 Å². The van der Waals surface area contributed by atoms with E-state index in [0.717, 1.165) is 28.6 Å². The zero-order valence-corrected chi connectivity index (χ0v) is 12.6. The van der Waals surface area contributed by atoms with Gasteiger partial charge in [0.2, 0.25) is 5.91 Å². The topological polar surface area (TPSA) is 46.3 Å². The van der Waals surface area contributed by atoms with Crippen LogP contribution in [0.4, 0.5) is 0 Å². The monoisotopic (exact) mass is 298 g/mol. The first-order chi connectivity index (χ1) is 9.13. The highest BCUT2D eigenvalue weighted by Crippen LogP contribution is 2.31. The smallest absolute Gasteiger partial charge is 0.227 e. The van der Waals surface area contributed by atoms with E-state index in [9.17, 15) is 4.79 Å². The highest BCUT2D eigenvalue weighted by molar-refractivity contribution is 7.99. The molecule has 19 heavy (non-hydrogen) atoms. The molecule has 1 aliphatic heterocycles. The molecule has 1 fully saturated rings. The van der Waals surface area contributed by atoms with Crippen LogP contribution in [0.1, 0.15) is 18.5 Å². The lowest BCUT2D eigenvalue weighted by molar-refractivity contribution is -0.136. The van der Waals surface area contributed by atoms with Gasteiger partial charge in [-0.2, -0.15) is 11.8 Å². The van der Waals surface area contributed by atoms with Gasteiger partial charge < -0.3 is 10.6 Å². The minimum absolute atomic E-state index is 0.113. The van der Waals surface area contributed by atoms with Gasteiger partial charge in [0.1, 0.15) is 0 Å². The summed E-state index contributed by atoms with van der Waals surface area (Å²) in [6, 6.07) is 7.91. The number of thioether (sulfide) groups is 1. The van der Waals surface area contributed by atoms with Crippen molar-refractivity contribution in [3.8, 4) is 0 Å². The Hall–Kier alpha value is -0.710. The molecule has 1 aromatic carbocycles. The van der Waals surface area contributed by atoms with E-state index < -0.39 is 0 Å². The van der Waals surface area contributed by atoms with E-state index in [1.807, 2.05) is 47.9 Å². The largest absolute Gasteiger partial charge is 0.334 e. The van der Waals surface area contributed by atoms with Gasteiger partial charge in [0, 0.05) is 35.5 Å². The zero-order valence-electron chi connectivity index (χ0n) is 11.0. The summed E-state index contributed by atoms with van der Waals surface area (Å²) in [5, 5.41) is 0.723. The molecule has 0 saturated carbocycles. The number of carbonyl (C=O) groups excluding carboxylic acids is 1. The highest BCUT2D eigenvalue weighted by atomic mass is 35.5. The molecule has 104 valence electrons. The van der Waals surface area contributed by atoms with Gasteiger partial charge in [0.15, 0.2) is 0 Å². The lowest BCUT2D eigenvalue weighted by Gasteiger charge is -2.37. The number of nitrogens with zero attached hydrogens (tertiary/aromatic N) is 1. The first-order valence-electron chi connectivity index (χ1n) is 6.47. The molecule has 1 amide bonds. The van der Waals surface area contributed by atoms with E-state index in [1.165, 1.54) is 0 Å². The Morgan fingerprint density at radius 3 is 2.84 bits per heavy atom. The summed E-state index contributed by atoms with van der Waals surface area (Å²) >= 11 is 7.80. The predicted octanol–water partition coefficient (Wildman–Crippen LogP) is 2.55. The van der Waals surface area contributed by atoms with E-state index >= 15 is 0 Å². The predicted molar refractivity (Wildman–Crippen MR) is 81.4 cm³/mol. The molecule has 1 saturated heterocycles. The maximum Gasteiger partial charge on any atom is 0.227 e. The van der Waals surface area contributed by atoms with Crippen LogP contribution in [0, 0.1) is 5.92 Å². The van der Waals surface area contributed by atoms with Gasteiger partial charge >= 0.3 is 0 Å².